The van der Waals surface area contributed by atoms with Crippen LogP contribution in [-0.4, -0.2) is 16.2 Å². The van der Waals surface area contributed by atoms with Crippen LogP contribution in [0, 0.1) is 5.92 Å². The third-order valence-corrected chi connectivity index (χ3v) is 4.80. The van der Waals surface area contributed by atoms with E-state index in [1.807, 2.05) is 12.1 Å². The quantitative estimate of drug-likeness (QED) is 0.493. The van der Waals surface area contributed by atoms with Crippen LogP contribution in [0.2, 0.25) is 0 Å². The van der Waals surface area contributed by atoms with E-state index in [1.165, 1.54) is 12.1 Å². The number of hydrogen-bond acceptors (Lipinski definition) is 4. The minimum atomic E-state index is -0.969. The molecule has 0 saturated heterocycles. The normalized spacial score (nSPS) is 12.1. The van der Waals surface area contributed by atoms with Crippen molar-refractivity contribution < 1.29 is 15.0 Å². The molecule has 0 unspecified atom stereocenters. The number of phenols is 1. The molecule has 2 aromatic carbocycles. The van der Waals surface area contributed by atoms with Crippen LogP contribution in [0.3, 0.4) is 0 Å². The van der Waals surface area contributed by atoms with Crippen molar-refractivity contribution in [1.29, 1.82) is 0 Å². The lowest BCUT2D eigenvalue weighted by Gasteiger charge is -2.27. The fraction of sp³-hybridized carbons (Fsp3) is 0.435. The molecule has 0 aliphatic heterocycles. The molecule has 2 aromatic rings. The summed E-state index contributed by atoms with van der Waals surface area (Å²) in [5.74, 6) is -0.205. The molecule has 0 aromatic heterocycles. The first-order chi connectivity index (χ1) is 13.1. The monoisotopic (exact) mass is 382 g/mol. The van der Waals surface area contributed by atoms with Gasteiger partial charge in [-0.25, -0.2) is 4.79 Å². The van der Waals surface area contributed by atoms with E-state index in [-0.39, 0.29) is 11.0 Å². The van der Waals surface area contributed by atoms with Crippen molar-refractivity contribution in [2.24, 2.45) is 16.1 Å². The molecule has 0 aliphatic carbocycles. The topological polar surface area (TPSA) is 82.2 Å². The number of benzene rings is 2. The van der Waals surface area contributed by atoms with Gasteiger partial charge in [0.15, 0.2) is 0 Å². The fourth-order valence-corrected chi connectivity index (χ4v) is 3.39. The number of rotatable bonds is 8. The lowest BCUT2D eigenvalue weighted by atomic mass is 9.78. The van der Waals surface area contributed by atoms with Gasteiger partial charge in [0, 0.05) is 5.56 Å². The molecular weight excluding hydrogens is 352 g/mol. The number of carbonyl (C=O) groups is 1. The van der Waals surface area contributed by atoms with Gasteiger partial charge in [0.05, 0.1) is 16.9 Å². The van der Waals surface area contributed by atoms with Crippen LogP contribution in [0.4, 0.5) is 11.4 Å². The van der Waals surface area contributed by atoms with Gasteiger partial charge in [-0.15, -0.1) is 0 Å². The molecule has 0 amide bonds. The van der Waals surface area contributed by atoms with Crippen molar-refractivity contribution in [3.05, 3.63) is 53.1 Å². The summed E-state index contributed by atoms with van der Waals surface area (Å²) >= 11 is 0. The first kappa shape index (κ1) is 21.6. The number of azo groups is 1. The number of carboxylic acid groups (broad SMARTS) is 1. The molecule has 0 radical (unpaired) electrons. The molecule has 0 aliphatic rings. The molecule has 5 heteroatoms. The van der Waals surface area contributed by atoms with E-state index in [1.54, 1.807) is 12.1 Å². The molecule has 0 saturated carbocycles. The average Bonchev–Trinajstić information content (AvgIpc) is 2.61. The van der Waals surface area contributed by atoms with Crippen LogP contribution in [0.15, 0.2) is 46.6 Å². The number of phenolic OH excluding ortho intramolecular Hbond substituents is 1. The van der Waals surface area contributed by atoms with Crippen molar-refractivity contribution in [3.8, 4) is 5.75 Å². The first-order valence-corrected chi connectivity index (χ1v) is 9.75. The van der Waals surface area contributed by atoms with Crippen molar-refractivity contribution in [2.45, 2.75) is 59.3 Å². The van der Waals surface area contributed by atoms with Gasteiger partial charge in [0.25, 0.3) is 0 Å². The Balaban J connectivity index is 2.43. The molecule has 0 spiro atoms. The molecular formula is C23H30N2O3. The van der Waals surface area contributed by atoms with Crippen molar-refractivity contribution >= 4 is 17.3 Å². The maximum Gasteiger partial charge on any atom is 0.335 e. The second-order valence-corrected chi connectivity index (χ2v) is 8.28. The van der Waals surface area contributed by atoms with Gasteiger partial charge in [0.1, 0.15) is 5.75 Å². The number of aromatic carboxylic acids is 1. The van der Waals surface area contributed by atoms with E-state index in [2.05, 4.69) is 44.8 Å². The Morgan fingerprint density at radius 2 is 1.68 bits per heavy atom. The molecule has 2 N–H and O–H groups in total. The molecule has 0 bridgehead atoms. The Morgan fingerprint density at radius 3 is 2.21 bits per heavy atom. The van der Waals surface area contributed by atoms with E-state index in [9.17, 15) is 9.90 Å². The highest BCUT2D eigenvalue weighted by Crippen LogP contribution is 2.40. The third-order valence-electron chi connectivity index (χ3n) is 4.80. The van der Waals surface area contributed by atoms with Crippen LogP contribution in [-0.2, 0) is 11.8 Å². The van der Waals surface area contributed by atoms with Crippen molar-refractivity contribution in [2.75, 3.05) is 0 Å². The number of hydrogen-bond donors (Lipinski definition) is 2. The summed E-state index contributed by atoms with van der Waals surface area (Å²) in [6.07, 6.45) is 2.74. The predicted molar refractivity (Wildman–Crippen MR) is 112 cm³/mol. The summed E-state index contributed by atoms with van der Waals surface area (Å²) in [6, 6.07) is 10.1. The Morgan fingerprint density at radius 1 is 1.07 bits per heavy atom. The van der Waals surface area contributed by atoms with E-state index in [4.69, 9.17) is 5.11 Å². The molecule has 28 heavy (non-hydrogen) atoms. The summed E-state index contributed by atoms with van der Waals surface area (Å²) in [6.45, 7) is 10.6. The highest BCUT2D eigenvalue weighted by Gasteiger charge is 2.25. The van der Waals surface area contributed by atoms with Crippen molar-refractivity contribution in [1.82, 2.24) is 0 Å². The number of aromatic hydroxyl groups is 1. The number of nitrogens with zero attached hydrogens (tertiary/aromatic N) is 2. The van der Waals surface area contributed by atoms with Crippen LogP contribution < -0.4 is 0 Å². The zero-order valence-corrected chi connectivity index (χ0v) is 17.4. The lowest BCUT2D eigenvalue weighted by Crippen LogP contribution is -2.17. The Bertz CT molecular complexity index is 853. The molecule has 2 rings (SSSR count). The van der Waals surface area contributed by atoms with Gasteiger partial charge in [-0.2, -0.15) is 10.2 Å². The second-order valence-electron chi connectivity index (χ2n) is 8.28. The molecule has 0 heterocycles. The molecule has 150 valence electrons. The summed E-state index contributed by atoms with van der Waals surface area (Å²) in [5, 5.41) is 28.5. The maximum absolute atomic E-state index is 11.0. The largest absolute Gasteiger partial charge is 0.507 e. The second kappa shape index (κ2) is 9.00. The van der Waals surface area contributed by atoms with Gasteiger partial charge >= 0.3 is 5.97 Å². The maximum atomic E-state index is 11.0. The summed E-state index contributed by atoms with van der Waals surface area (Å²) in [7, 11) is 0. The molecule has 5 nitrogen and oxygen atoms in total. The average molecular weight is 383 g/mol. The van der Waals surface area contributed by atoms with E-state index >= 15 is 0 Å². The van der Waals surface area contributed by atoms with Gasteiger partial charge in [-0.05, 0) is 66.1 Å². The van der Waals surface area contributed by atoms with E-state index in [0.29, 0.717) is 23.0 Å². The summed E-state index contributed by atoms with van der Waals surface area (Å²) in [5.41, 5.74) is 3.09. The summed E-state index contributed by atoms with van der Waals surface area (Å²) < 4.78 is 0. The first-order valence-electron chi connectivity index (χ1n) is 9.75. The van der Waals surface area contributed by atoms with Crippen LogP contribution in [0.5, 0.6) is 5.75 Å². The van der Waals surface area contributed by atoms with Gasteiger partial charge in [0.2, 0.25) is 0 Å². The standard InChI is InChI=1S/C23H30N2O3/c1-6-11-23(4,5)20-14-19(13-17(21(20)26)12-15(2)3)25-24-18-9-7-16(8-10-18)22(27)28/h7-10,13-15,26H,6,11-12H2,1-5H3,(H,27,28)/b25-24+. The minimum Gasteiger partial charge on any atom is -0.507 e. The smallest absolute Gasteiger partial charge is 0.335 e. The van der Waals surface area contributed by atoms with E-state index < -0.39 is 5.97 Å². The number of carboxylic acids is 1. The van der Waals surface area contributed by atoms with Crippen LogP contribution in [0.25, 0.3) is 0 Å². The molecule has 0 atom stereocenters. The van der Waals surface area contributed by atoms with Gasteiger partial charge < -0.3 is 10.2 Å². The predicted octanol–water partition coefficient (Wildman–Crippen LogP) is 6.78. The van der Waals surface area contributed by atoms with Crippen molar-refractivity contribution in [3.63, 3.8) is 0 Å². The molecule has 0 fully saturated rings. The van der Waals surface area contributed by atoms with Crippen LogP contribution >= 0.6 is 0 Å². The van der Waals surface area contributed by atoms with E-state index in [0.717, 1.165) is 30.4 Å². The zero-order valence-electron chi connectivity index (χ0n) is 17.4. The fourth-order valence-electron chi connectivity index (χ4n) is 3.39. The summed E-state index contributed by atoms with van der Waals surface area (Å²) in [4.78, 5) is 11.0. The lowest BCUT2D eigenvalue weighted by molar-refractivity contribution is 0.0697. The van der Waals surface area contributed by atoms with Gasteiger partial charge in [-0.1, -0.05) is 41.0 Å². The van der Waals surface area contributed by atoms with Gasteiger partial charge in [-0.3, -0.25) is 0 Å². The minimum absolute atomic E-state index is 0.167. The van der Waals surface area contributed by atoms with Crippen LogP contribution in [0.1, 0.15) is 68.9 Å². The Labute approximate surface area is 167 Å². The zero-order chi connectivity index (χ0) is 20.9. The highest BCUT2D eigenvalue weighted by atomic mass is 16.4. The Hall–Kier alpha value is -2.69. The highest BCUT2D eigenvalue weighted by molar-refractivity contribution is 5.87. The third kappa shape index (κ3) is 5.41. The Kier molecular flexibility index (Phi) is 6.95. The SMILES string of the molecule is CCCC(C)(C)c1cc(/N=N/c2ccc(C(=O)O)cc2)cc(CC(C)C)c1O.